The van der Waals surface area contributed by atoms with E-state index in [1.807, 2.05) is 6.92 Å². The third-order valence-electron chi connectivity index (χ3n) is 10.5. The molecule has 272 valence electrons. The minimum atomic E-state index is -2.76. The Labute approximate surface area is 318 Å². The number of aryl methyl sites for hydroxylation is 1. The summed E-state index contributed by atoms with van der Waals surface area (Å²) in [6, 6.07) is 8.02. The molecule has 0 bridgehead atoms. The number of amides is 4. The highest BCUT2D eigenvalue weighted by Crippen LogP contribution is 2.67. The third-order valence-corrected chi connectivity index (χ3v) is 14.1. The Hall–Kier alpha value is -3.53. The van der Waals surface area contributed by atoms with Crippen LogP contribution in [0.2, 0.25) is 0 Å². The molecule has 1 saturated carbocycles. The number of imide groups is 2. The van der Waals surface area contributed by atoms with Crippen molar-refractivity contribution < 1.29 is 51.0 Å². The summed E-state index contributed by atoms with van der Waals surface area (Å²) < 4.78 is 79.1. The van der Waals surface area contributed by atoms with Crippen LogP contribution < -0.4 is 14.5 Å². The van der Waals surface area contributed by atoms with Gasteiger partial charge in [0.15, 0.2) is 44.5 Å². The van der Waals surface area contributed by atoms with Gasteiger partial charge in [0, 0.05) is 10.4 Å². The van der Waals surface area contributed by atoms with Gasteiger partial charge in [-0.2, -0.15) is 0 Å². The number of hydrogen-bond acceptors (Lipinski definition) is 6. The van der Waals surface area contributed by atoms with Gasteiger partial charge >= 0.3 is 0 Å². The fourth-order valence-corrected chi connectivity index (χ4v) is 9.91. The summed E-state index contributed by atoms with van der Waals surface area (Å²) in [5, 5.41) is 10.7. The maximum Gasteiger partial charge on any atom is 0.258 e. The van der Waals surface area contributed by atoms with E-state index in [0.29, 0.717) is 12.1 Å². The molecule has 3 aromatic rings. The smallest absolute Gasteiger partial charge is 0.258 e. The molecule has 0 unspecified atom stereocenters. The van der Waals surface area contributed by atoms with Gasteiger partial charge in [-0.15, -0.1) is 23.2 Å². The van der Waals surface area contributed by atoms with Crippen molar-refractivity contribution in [2.24, 2.45) is 17.8 Å². The van der Waals surface area contributed by atoms with Gasteiger partial charge < -0.3 is 9.84 Å². The van der Waals surface area contributed by atoms with E-state index in [2.05, 4.69) is 31.9 Å². The number of phenols is 1. The van der Waals surface area contributed by atoms with Crippen molar-refractivity contribution in [2.45, 2.75) is 41.9 Å². The van der Waals surface area contributed by atoms with E-state index >= 15 is 8.78 Å². The topological polar surface area (TPSA) is 104 Å². The van der Waals surface area contributed by atoms with Gasteiger partial charge in [-0.1, -0.05) is 30.7 Å². The number of ether oxygens (including phenoxy) is 1. The van der Waals surface area contributed by atoms with Gasteiger partial charge in [0.1, 0.15) is 5.69 Å². The lowest BCUT2D eigenvalue weighted by Gasteiger charge is -2.51. The number of aromatic hydroxyl groups is 1. The molecule has 2 aliphatic carbocycles. The number of carbonyl (C=O) groups is 4. The second-order valence-electron chi connectivity index (χ2n) is 12.9. The van der Waals surface area contributed by atoms with Crippen LogP contribution in [-0.4, -0.2) is 45.6 Å². The Morgan fingerprint density at radius 1 is 0.865 bits per heavy atom. The molecule has 0 radical (unpaired) electrons. The van der Waals surface area contributed by atoms with Crippen LogP contribution in [0.1, 0.15) is 36.8 Å². The summed E-state index contributed by atoms with van der Waals surface area (Å²) in [4.78, 5) is 52.5. The number of fused-ring (bicyclic) bond motifs is 4. The molecule has 3 fully saturated rings. The Morgan fingerprint density at radius 2 is 1.46 bits per heavy atom. The van der Waals surface area contributed by atoms with Gasteiger partial charge in [0.25, 0.3) is 11.8 Å². The van der Waals surface area contributed by atoms with Gasteiger partial charge in [-0.05, 0) is 86.4 Å². The zero-order valence-electron chi connectivity index (χ0n) is 26.7. The Balaban J connectivity index is 1.46. The van der Waals surface area contributed by atoms with Crippen LogP contribution in [0.3, 0.4) is 0 Å². The first-order chi connectivity index (χ1) is 24.5. The molecule has 1 N–H and O–H groups in total. The number of hydrogen-bond donors (Lipinski definition) is 1. The maximum atomic E-state index is 15.3. The summed E-state index contributed by atoms with van der Waals surface area (Å²) in [7, 11) is 1.22. The average Bonchev–Trinajstić information content (AvgIpc) is 3.47. The molecule has 8 nitrogen and oxygen atoms in total. The Morgan fingerprint density at radius 3 is 2.04 bits per heavy atom. The SMILES string of the molecule is CCc1ccc(N2C(=O)[C@H]3[C@H](CC=C4[C@H]3C[C@@]3(Cl)C(=O)N(c5c(F)c(F)c(F)c(F)c5F)C(=O)[C@@]3(Cl)[C@H]4c3cc(OC)c(O)c(Br)c3Br)C2=O)cc1. The monoisotopic (exact) mass is 890 g/mol. The molecule has 17 heteroatoms. The molecule has 0 aromatic heterocycles. The Kier molecular flexibility index (Phi) is 8.87. The Bertz CT molecular complexity index is 2160. The normalized spacial score (nSPS) is 28.2. The molecule has 2 saturated heterocycles. The fraction of sp³-hybridized carbons (Fsp3) is 0.314. The standard InChI is InChI=1S/C35H23Br2Cl2F5N2O6/c1-3-12-4-6-13(7-5-12)45-30(48)15-9-8-14-17(19(15)31(45)49)11-34(38)32(50)46(28-26(43)24(41)23(40)25(42)27(28)44)33(51)35(34,39)20(14)16-10-18(52-2)29(47)22(37)21(16)36/h4-8,10,15,17,19-20,47H,3,9,11H2,1-2H3/t15-,17+,19-,20+,34+,35-/m0/s1. The van der Waals surface area contributed by atoms with Crippen molar-refractivity contribution in [3.8, 4) is 11.5 Å². The summed E-state index contributed by atoms with van der Waals surface area (Å²) in [6.45, 7) is 1.93. The van der Waals surface area contributed by atoms with Crippen molar-refractivity contribution in [3.63, 3.8) is 0 Å². The van der Waals surface area contributed by atoms with E-state index in [1.54, 1.807) is 30.3 Å². The molecule has 2 aliphatic heterocycles. The van der Waals surface area contributed by atoms with Crippen LogP contribution in [0.25, 0.3) is 0 Å². The predicted octanol–water partition coefficient (Wildman–Crippen LogP) is 7.95. The van der Waals surface area contributed by atoms with Gasteiger partial charge in [-0.25, -0.2) is 26.9 Å². The second-order valence-corrected chi connectivity index (χ2v) is 15.7. The number of halogens is 9. The lowest BCUT2D eigenvalue weighted by molar-refractivity contribution is -0.125. The lowest BCUT2D eigenvalue weighted by atomic mass is 9.56. The van der Waals surface area contributed by atoms with E-state index in [4.69, 9.17) is 27.9 Å². The predicted molar refractivity (Wildman–Crippen MR) is 185 cm³/mol. The number of phenolic OH excluding ortho intramolecular Hbond substituents is 1. The summed E-state index contributed by atoms with van der Waals surface area (Å²) in [6.07, 6.45) is 1.57. The number of anilines is 2. The highest BCUT2D eigenvalue weighted by Gasteiger charge is 2.77. The van der Waals surface area contributed by atoms with Crippen molar-refractivity contribution >= 4 is 90.1 Å². The quantitative estimate of drug-likeness (QED) is 0.0697. The largest absolute Gasteiger partial charge is 0.503 e. The molecular formula is C35H23Br2Cl2F5N2O6. The number of methoxy groups -OCH3 is 1. The molecule has 4 amide bonds. The number of carbonyl (C=O) groups excluding carboxylic acids is 4. The first-order valence-corrected chi connectivity index (χ1v) is 18.0. The van der Waals surface area contributed by atoms with Crippen molar-refractivity contribution in [2.75, 3.05) is 16.9 Å². The number of nitrogens with zero attached hydrogens (tertiary/aromatic N) is 2. The summed E-state index contributed by atoms with van der Waals surface area (Å²) in [5.41, 5.74) is -0.377. The zero-order chi connectivity index (χ0) is 37.9. The van der Waals surface area contributed by atoms with Crippen molar-refractivity contribution in [1.82, 2.24) is 0 Å². The molecule has 7 rings (SSSR count). The number of rotatable bonds is 5. The molecule has 2 heterocycles. The zero-order valence-corrected chi connectivity index (χ0v) is 31.4. The van der Waals surface area contributed by atoms with Gasteiger partial charge in [0.2, 0.25) is 17.6 Å². The van der Waals surface area contributed by atoms with Gasteiger partial charge in [-0.3, -0.25) is 24.1 Å². The van der Waals surface area contributed by atoms with Gasteiger partial charge in [0.05, 0.1) is 29.1 Å². The van der Waals surface area contributed by atoms with Crippen LogP contribution in [0.4, 0.5) is 33.3 Å². The first-order valence-electron chi connectivity index (χ1n) is 15.7. The first kappa shape index (κ1) is 36.8. The maximum absolute atomic E-state index is 15.3. The molecule has 4 aliphatic rings. The molecule has 0 spiro atoms. The van der Waals surface area contributed by atoms with Crippen molar-refractivity contribution in [1.29, 1.82) is 0 Å². The highest BCUT2D eigenvalue weighted by molar-refractivity contribution is 9.13. The van der Waals surface area contributed by atoms with Crippen LogP contribution in [-0.2, 0) is 25.6 Å². The van der Waals surface area contributed by atoms with E-state index in [9.17, 15) is 37.5 Å². The van der Waals surface area contributed by atoms with E-state index in [0.717, 1.165) is 10.5 Å². The van der Waals surface area contributed by atoms with Crippen molar-refractivity contribution in [3.05, 3.63) is 91.1 Å². The number of allylic oxidation sites excluding steroid dienone is 2. The molecular weight excluding hydrogens is 870 g/mol. The van der Waals surface area contributed by atoms with Crippen LogP contribution in [0, 0.1) is 46.8 Å². The summed E-state index contributed by atoms with van der Waals surface area (Å²) >= 11 is 21.0. The third kappa shape index (κ3) is 4.67. The molecule has 52 heavy (non-hydrogen) atoms. The highest BCUT2D eigenvalue weighted by atomic mass is 79.9. The van der Waals surface area contributed by atoms with E-state index in [-0.39, 0.29) is 37.2 Å². The van der Waals surface area contributed by atoms with Crippen LogP contribution >= 0.6 is 55.1 Å². The second kappa shape index (κ2) is 12.5. The minimum absolute atomic E-state index is 0.0130. The minimum Gasteiger partial charge on any atom is -0.503 e. The van der Waals surface area contributed by atoms with E-state index in [1.165, 1.54) is 13.2 Å². The lowest BCUT2D eigenvalue weighted by Crippen LogP contribution is -2.60. The summed E-state index contributed by atoms with van der Waals surface area (Å²) in [5.74, 6) is -22.2. The number of alkyl halides is 2. The molecule has 6 atom stereocenters. The van der Waals surface area contributed by atoms with E-state index < -0.39 is 104 Å². The molecule has 3 aromatic carbocycles. The average molecular weight is 893 g/mol. The van der Waals surface area contributed by atoms with Crippen LogP contribution in [0.15, 0.2) is 50.9 Å². The number of benzene rings is 3. The van der Waals surface area contributed by atoms with Crippen LogP contribution in [0.5, 0.6) is 11.5 Å². The fourth-order valence-electron chi connectivity index (χ4n) is 8.02.